The van der Waals surface area contributed by atoms with Crippen LogP contribution in [0.2, 0.25) is 10.0 Å². The fourth-order valence-corrected chi connectivity index (χ4v) is 5.78. The van der Waals surface area contributed by atoms with Gasteiger partial charge in [0.15, 0.2) is 0 Å². The summed E-state index contributed by atoms with van der Waals surface area (Å²) in [6, 6.07) is 14.0. The first kappa shape index (κ1) is 31.2. The highest BCUT2D eigenvalue weighted by Crippen LogP contribution is 2.29. The second-order valence-corrected chi connectivity index (χ2v) is 11.9. The Bertz CT molecular complexity index is 1430. The van der Waals surface area contributed by atoms with Gasteiger partial charge in [-0.1, -0.05) is 29.3 Å². The van der Waals surface area contributed by atoms with Gasteiger partial charge < -0.3 is 15.0 Å². The topological polar surface area (TPSA) is 96.0 Å². The molecule has 0 aliphatic rings. The zero-order valence-electron chi connectivity index (χ0n) is 22.4. The number of nitrogens with one attached hydrogen (secondary N) is 1. The Morgan fingerprint density at radius 2 is 1.52 bits per heavy atom. The van der Waals surface area contributed by atoms with Crippen LogP contribution < -0.4 is 14.4 Å². The number of nitrogens with zero attached hydrogens (tertiary/aromatic N) is 2. The summed E-state index contributed by atoms with van der Waals surface area (Å²) in [5.41, 5.74) is 0.454. The van der Waals surface area contributed by atoms with E-state index in [2.05, 4.69) is 5.32 Å². The van der Waals surface area contributed by atoms with Gasteiger partial charge in [0.25, 0.3) is 10.0 Å². The van der Waals surface area contributed by atoms with E-state index in [1.807, 2.05) is 0 Å². The maximum Gasteiger partial charge on any atom is 0.264 e. The number of carbonyl (C=O) groups excluding carboxylic acids is 2. The second-order valence-electron chi connectivity index (χ2n) is 9.22. The van der Waals surface area contributed by atoms with Gasteiger partial charge in [0, 0.05) is 28.2 Å². The van der Waals surface area contributed by atoms with Gasteiger partial charge in [0.1, 0.15) is 24.2 Å². The summed E-state index contributed by atoms with van der Waals surface area (Å²) < 4.78 is 47.3. The van der Waals surface area contributed by atoms with E-state index in [1.165, 1.54) is 55.3 Å². The number of hydrogen-bond donors (Lipinski definition) is 1. The number of carbonyl (C=O) groups is 2. The van der Waals surface area contributed by atoms with Gasteiger partial charge in [-0.2, -0.15) is 0 Å². The molecule has 3 aromatic carbocycles. The molecule has 0 aromatic heterocycles. The number of benzene rings is 3. The number of sulfonamides is 1. The van der Waals surface area contributed by atoms with Crippen LogP contribution in [-0.2, 0) is 26.2 Å². The van der Waals surface area contributed by atoms with Gasteiger partial charge in [-0.05, 0) is 81.4 Å². The number of anilines is 1. The van der Waals surface area contributed by atoms with Gasteiger partial charge >= 0.3 is 0 Å². The van der Waals surface area contributed by atoms with Gasteiger partial charge in [0.2, 0.25) is 11.8 Å². The van der Waals surface area contributed by atoms with Crippen LogP contribution in [0.25, 0.3) is 0 Å². The van der Waals surface area contributed by atoms with Crippen molar-refractivity contribution in [2.75, 3.05) is 18.0 Å². The predicted octanol–water partition coefficient (Wildman–Crippen LogP) is 5.28. The first-order chi connectivity index (χ1) is 18.8. The van der Waals surface area contributed by atoms with Gasteiger partial charge in [-0.25, -0.2) is 12.8 Å². The first-order valence-electron chi connectivity index (χ1n) is 12.3. The van der Waals surface area contributed by atoms with E-state index in [9.17, 15) is 22.4 Å². The van der Waals surface area contributed by atoms with Crippen LogP contribution in [0.3, 0.4) is 0 Å². The smallest absolute Gasteiger partial charge is 0.264 e. The highest BCUT2D eigenvalue weighted by atomic mass is 35.5. The minimum absolute atomic E-state index is 0.0561. The Balaban J connectivity index is 2.06. The van der Waals surface area contributed by atoms with Crippen LogP contribution in [0.1, 0.15) is 26.3 Å². The molecule has 214 valence electrons. The Morgan fingerprint density at radius 3 is 2.05 bits per heavy atom. The highest BCUT2D eigenvalue weighted by molar-refractivity contribution is 7.92. The molecule has 0 fully saturated rings. The molecule has 0 radical (unpaired) electrons. The first-order valence-corrected chi connectivity index (χ1v) is 14.5. The molecule has 1 atom stereocenters. The largest absolute Gasteiger partial charge is 0.497 e. The van der Waals surface area contributed by atoms with Crippen LogP contribution in [-0.4, -0.2) is 50.9 Å². The summed E-state index contributed by atoms with van der Waals surface area (Å²) in [6.07, 6.45) is 0. The Labute approximate surface area is 243 Å². The summed E-state index contributed by atoms with van der Waals surface area (Å²) in [4.78, 5) is 28.0. The molecular weight excluding hydrogens is 580 g/mol. The third-order valence-corrected chi connectivity index (χ3v) is 8.53. The van der Waals surface area contributed by atoms with Crippen molar-refractivity contribution in [2.24, 2.45) is 0 Å². The van der Waals surface area contributed by atoms with E-state index < -0.39 is 40.2 Å². The Kier molecular flexibility index (Phi) is 10.4. The molecule has 8 nitrogen and oxygen atoms in total. The van der Waals surface area contributed by atoms with Gasteiger partial charge in [-0.3, -0.25) is 13.9 Å². The van der Waals surface area contributed by atoms with Crippen LogP contribution in [0.15, 0.2) is 71.6 Å². The normalized spacial score (nSPS) is 12.1. The zero-order chi connectivity index (χ0) is 29.6. The second kappa shape index (κ2) is 13.3. The van der Waals surface area contributed by atoms with Gasteiger partial charge in [-0.15, -0.1) is 0 Å². The van der Waals surface area contributed by atoms with Crippen molar-refractivity contribution in [2.45, 2.75) is 44.3 Å². The number of ether oxygens (including phenoxy) is 1. The van der Waals surface area contributed by atoms with Crippen molar-refractivity contribution in [3.63, 3.8) is 0 Å². The van der Waals surface area contributed by atoms with Crippen LogP contribution in [0, 0.1) is 5.82 Å². The molecule has 1 unspecified atom stereocenters. The number of methoxy groups -OCH3 is 1. The van der Waals surface area contributed by atoms with E-state index >= 15 is 0 Å². The third-order valence-electron chi connectivity index (χ3n) is 6.03. The molecule has 0 spiro atoms. The fraction of sp³-hybridized carbons (Fsp3) is 0.286. The SMILES string of the molecule is COc1ccc(S(=O)(=O)N(CC(=O)N(Cc2c(Cl)cccc2Cl)C(C)C(=O)NC(C)C)c2ccc(F)cc2)cc1. The standard InChI is InChI=1S/C28H30Cl2FN3O5S/c1-18(2)32-28(36)19(3)33(16-24-25(29)6-5-7-26(24)30)27(35)17-34(21-10-8-20(31)9-11-21)40(37,38)23-14-12-22(39-4)13-15-23/h5-15,18-19H,16-17H2,1-4H3,(H,32,36). The molecule has 40 heavy (non-hydrogen) atoms. The molecule has 3 aromatic rings. The summed E-state index contributed by atoms with van der Waals surface area (Å²) in [5, 5.41) is 3.33. The van der Waals surface area contributed by atoms with Crippen molar-refractivity contribution >= 4 is 50.7 Å². The zero-order valence-corrected chi connectivity index (χ0v) is 24.7. The number of hydrogen-bond acceptors (Lipinski definition) is 5. The fourth-order valence-electron chi connectivity index (χ4n) is 3.85. The molecule has 0 heterocycles. The Morgan fingerprint density at radius 1 is 0.950 bits per heavy atom. The summed E-state index contributed by atoms with van der Waals surface area (Å²) >= 11 is 12.7. The van der Waals surface area contributed by atoms with E-state index in [4.69, 9.17) is 27.9 Å². The van der Waals surface area contributed by atoms with Crippen LogP contribution in [0.4, 0.5) is 10.1 Å². The molecule has 1 N–H and O–H groups in total. The lowest BCUT2D eigenvalue weighted by Gasteiger charge is -2.32. The molecule has 0 aliphatic heterocycles. The number of halogens is 3. The molecule has 2 amide bonds. The highest BCUT2D eigenvalue weighted by Gasteiger charge is 2.33. The molecule has 0 saturated heterocycles. The summed E-state index contributed by atoms with van der Waals surface area (Å²) in [7, 11) is -2.87. The predicted molar refractivity (Wildman–Crippen MR) is 154 cm³/mol. The number of rotatable bonds is 11. The van der Waals surface area contributed by atoms with Crippen molar-refractivity contribution in [1.29, 1.82) is 0 Å². The lowest BCUT2D eigenvalue weighted by atomic mass is 10.1. The van der Waals surface area contributed by atoms with Crippen molar-refractivity contribution in [1.82, 2.24) is 10.2 Å². The van der Waals surface area contributed by atoms with Crippen molar-refractivity contribution in [3.8, 4) is 5.75 Å². The van der Waals surface area contributed by atoms with Crippen molar-refractivity contribution in [3.05, 3.63) is 88.2 Å². The van der Waals surface area contributed by atoms with Crippen LogP contribution >= 0.6 is 23.2 Å². The molecule has 0 aliphatic carbocycles. The minimum atomic E-state index is -4.32. The molecule has 0 bridgehead atoms. The lowest BCUT2D eigenvalue weighted by molar-refractivity contribution is -0.139. The summed E-state index contributed by atoms with van der Waals surface area (Å²) in [6.45, 7) is 4.23. The van der Waals surface area contributed by atoms with E-state index in [1.54, 1.807) is 32.0 Å². The van der Waals surface area contributed by atoms with Crippen LogP contribution in [0.5, 0.6) is 5.75 Å². The van der Waals surface area contributed by atoms with E-state index in [-0.39, 0.29) is 33.2 Å². The molecule has 0 saturated carbocycles. The maximum absolute atomic E-state index is 13.9. The minimum Gasteiger partial charge on any atom is -0.497 e. The van der Waals surface area contributed by atoms with Crippen molar-refractivity contribution < 1.29 is 27.1 Å². The average Bonchev–Trinajstić information content (AvgIpc) is 2.91. The average molecular weight is 611 g/mol. The monoisotopic (exact) mass is 609 g/mol. The Hall–Kier alpha value is -3.34. The summed E-state index contributed by atoms with van der Waals surface area (Å²) in [5.74, 6) is -1.29. The molecule has 12 heteroatoms. The maximum atomic E-state index is 13.9. The number of amides is 2. The van der Waals surface area contributed by atoms with E-state index in [0.717, 1.165) is 16.4 Å². The molecular formula is C28H30Cl2FN3O5S. The van der Waals surface area contributed by atoms with E-state index in [0.29, 0.717) is 11.3 Å². The molecule has 3 rings (SSSR count). The third kappa shape index (κ3) is 7.44. The lowest BCUT2D eigenvalue weighted by Crippen LogP contribution is -2.52. The van der Waals surface area contributed by atoms with Gasteiger partial charge in [0.05, 0.1) is 17.7 Å². The quantitative estimate of drug-likeness (QED) is 0.319.